The van der Waals surface area contributed by atoms with E-state index in [0.717, 1.165) is 29.9 Å². The Kier molecular flexibility index (Phi) is 5.91. The van der Waals surface area contributed by atoms with Crippen LogP contribution in [0.5, 0.6) is 0 Å². The fraction of sp³-hybridized carbons (Fsp3) is 0.571. The van der Waals surface area contributed by atoms with Gasteiger partial charge in [-0.1, -0.05) is 6.07 Å². The van der Waals surface area contributed by atoms with Crippen molar-refractivity contribution in [2.75, 3.05) is 12.9 Å². The standard InChI is InChI=1S/C14H19NO3S2/c1-18-14(17)10-4-6-11(7-5-10)15-12(16)9-20-13-3-2-8-19-13/h2-3,8,10-11H,4-7,9H2,1H3,(H,15,16). The van der Waals surface area contributed by atoms with E-state index >= 15 is 0 Å². The van der Waals surface area contributed by atoms with Crippen molar-refractivity contribution in [3.8, 4) is 0 Å². The van der Waals surface area contributed by atoms with Crippen molar-refractivity contribution in [2.45, 2.75) is 35.9 Å². The number of methoxy groups -OCH3 is 1. The van der Waals surface area contributed by atoms with Gasteiger partial charge in [0.15, 0.2) is 0 Å². The number of thiophene rings is 1. The normalized spacial score (nSPS) is 22.2. The first-order valence-corrected chi connectivity index (χ1v) is 8.59. The molecule has 20 heavy (non-hydrogen) atoms. The molecule has 0 spiro atoms. The van der Waals surface area contributed by atoms with Gasteiger partial charge in [0.1, 0.15) is 0 Å². The number of hydrogen-bond acceptors (Lipinski definition) is 5. The molecule has 4 nitrogen and oxygen atoms in total. The maximum Gasteiger partial charge on any atom is 0.308 e. The summed E-state index contributed by atoms with van der Waals surface area (Å²) in [5, 5.41) is 5.06. The van der Waals surface area contributed by atoms with Crippen LogP contribution in [0.15, 0.2) is 21.7 Å². The molecule has 0 atom stereocenters. The van der Waals surface area contributed by atoms with Crippen molar-refractivity contribution in [1.82, 2.24) is 5.32 Å². The number of amides is 1. The third-order valence-electron chi connectivity index (χ3n) is 3.47. The largest absolute Gasteiger partial charge is 0.469 e. The SMILES string of the molecule is COC(=O)C1CCC(NC(=O)CSc2cccs2)CC1. The van der Waals surface area contributed by atoms with Gasteiger partial charge in [0.05, 0.1) is 23.0 Å². The van der Waals surface area contributed by atoms with E-state index in [1.807, 2.05) is 17.5 Å². The maximum atomic E-state index is 11.9. The molecule has 0 saturated heterocycles. The molecular formula is C14H19NO3S2. The minimum absolute atomic E-state index is 0.00801. The molecule has 0 aromatic carbocycles. The molecule has 1 heterocycles. The second-order valence-electron chi connectivity index (χ2n) is 4.86. The van der Waals surface area contributed by atoms with E-state index in [2.05, 4.69) is 5.32 Å². The zero-order valence-corrected chi connectivity index (χ0v) is 13.1. The third kappa shape index (κ3) is 4.52. The molecule has 0 radical (unpaired) electrons. The highest BCUT2D eigenvalue weighted by Gasteiger charge is 2.27. The summed E-state index contributed by atoms with van der Waals surface area (Å²) in [5.74, 6) is 0.416. The zero-order valence-electron chi connectivity index (χ0n) is 11.5. The predicted octanol–water partition coefficient (Wildman–Crippen LogP) is 2.69. The highest BCUT2D eigenvalue weighted by molar-refractivity contribution is 8.01. The number of nitrogens with one attached hydrogen (secondary N) is 1. The van der Waals surface area contributed by atoms with Gasteiger partial charge in [0.25, 0.3) is 0 Å². The maximum absolute atomic E-state index is 11.9. The van der Waals surface area contributed by atoms with Gasteiger partial charge < -0.3 is 10.1 Å². The summed E-state index contributed by atoms with van der Waals surface area (Å²) >= 11 is 3.21. The summed E-state index contributed by atoms with van der Waals surface area (Å²) in [5.41, 5.74) is 0. The van der Waals surface area contributed by atoms with E-state index in [1.165, 1.54) is 7.11 Å². The number of rotatable bonds is 5. The Bertz CT molecular complexity index is 439. The van der Waals surface area contributed by atoms with Crippen LogP contribution in [0.4, 0.5) is 0 Å². The van der Waals surface area contributed by atoms with Crippen molar-refractivity contribution in [1.29, 1.82) is 0 Å². The van der Waals surface area contributed by atoms with Crippen LogP contribution in [0.3, 0.4) is 0 Å². The molecule has 1 saturated carbocycles. The first-order valence-electron chi connectivity index (χ1n) is 6.72. The van der Waals surface area contributed by atoms with Crippen LogP contribution in [0.1, 0.15) is 25.7 Å². The molecule has 1 amide bonds. The molecule has 1 aromatic rings. The van der Waals surface area contributed by atoms with Gasteiger partial charge in [0.2, 0.25) is 5.91 Å². The minimum atomic E-state index is -0.122. The van der Waals surface area contributed by atoms with E-state index in [4.69, 9.17) is 4.74 Å². The monoisotopic (exact) mass is 313 g/mol. The summed E-state index contributed by atoms with van der Waals surface area (Å²) in [7, 11) is 1.43. The van der Waals surface area contributed by atoms with E-state index < -0.39 is 0 Å². The van der Waals surface area contributed by atoms with Crippen LogP contribution in [0, 0.1) is 5.92 Å². The molecule has 1 aliphatic rings. The van der Waals surface area contributed by atoms with Crippen molar-refractivity contribution in [3.05, 3.63) is 17.5 Å². The van der Waals surface area contributed by atoms with Crippen LogP contribution in [-0.2, 0) is 14.3 Å². The summed E-state index contributed by atoms with van der Waals surface area (Å²) < 4.78 is 5.92. The average Bonchev–Trinajstić information content (AvgIpc) is 2.98. The second kappa shape index (κ2) is 7.69. The molecule has 0 aliphatic heterocycles. The summed E-state index contributed by atoms with van der Waals surface area (Å²) in [6.45, 7) is 0. The summed E-state index contributed by atoms with van der Waals surface area (Å²) in [6, 6.07) is 4.20. The lowest BCUT2D eigenvalue weighted by Gasteiger charge is -2.27. The van der Waals surface area contributed by atoms with E-state index in [-0.39, 0.29) is 23.8 Å². The summed E-state index contributed by atoms with van der Waals surface area (Å²) in [6.07, 6.45) is 3.32. The summed E-state index contributed by atoms with van der Waals surface area (Å²) in [4.78, 5) is 23.3. The number of thioether (sulfide) groups is 1. The fourth-order valence-electron chi connectivity index (χ4n) is 2.39. The Balaban J connectivity index is 1.67. The Morgan fingerprint density at radius 1 is 1.40 bits per heavy atom. The molecular weight excluding hydrogens is 294 g/mol. The predicted molar refractivity (Wildman–Crippen MR) is 80.9 cm³/mol. The van der Waals surface area contributed by atoms with Gasteiger partial charge in [0, 0.05) is 6.04 Å². The lowest BCUT2D eigenvalue weighted by Crippen LogP contribution is -2.39. The highest BCUT2D eigenvalue weighted by Crippen LogP contribution is 2.26. The molecule has 0 bridgehead atoms. The van der Waals surface area contributed by atoms with Crippen LogP contribution < -0.4 is 5.32 Å². The van der Waals surface area contributed by atoms with Crippen LogP contribution >= 0.6 is 23.1 Å². The minimum Gasteiger partial charge on any atom is -0.469 e. The van der Waals surface area contributed by atoms with Crippen molar-refractivity contribution in [2.24, 2.45) is 5.92 Å². The van der Waals surface area contributed by atoms with Crippen molar-refractivity contribution in [3.63, 3.8) is 0 Å². The Labute approximate surface area is 127 Å². The molecule has 1 fully saturated rings. The number of carbonyl (C=O) groups excluding carboxylic acids is 2. The molecule has 1 aromatic heterocycles. The lowest BCUT2D eigenvalue weighted by atomic mass is 9.86. The first kappa shape index (κ1) is 15.4. The van der Waals surface area contributed by atoms with E-state index in [0.29, 0.717) is 5.75 Å². The quantitative estimate of drug-likeness (QED) is 0.671. The third-order valence-corrected chi connectivity index (χ3v) is 5.60. The molecule has 0 unspecified atom stereocenters. The van der Waals surface area contributed by atoms with Gasteiger partial charge >= 0.3 is 5.97 Å². The Hall–Kier alpha value is -1.01. The average molecular weight is 313 g/mol. The van der Waals surface area contributed by atoms with Crippen molar-refractivity contribution >= 4 is 35.0 Å². The number of hydrogen-bond donors (Lipinski definition) is 1. The Morgan fingerprint density at radius 2 is 2.15 bits per heavy atom. The van der Waals surface area contributed by atoms with Crippen LogP contribution in [0.25, 0.3) is 0 Å². The van der Waals surface area contributed by atoms with E-state index in [1.54, 1.807) is 23.1 Å². The van der Waals surface area contributed by atoms with Gasteiger partial charge in [-0.3, -0.25) is 9.59 Å². The highest BCUT2D eigenvalue weighted by atomic mass is 32.2. The molecule has 6 heteroatoms. The van der Waals surface area contributed by atoms with Crippen LogP contribution in [0.2, 0.25) is 0 Å². The number of ether oxygens (including phenoxy) is 1. The van der Waals surface area contributed by atoms with Gasteiger partial charge in [-0.25, -0.2) is 0 Å². The second-order valence-corrected chi connectivity index (χ2v) is 7.08. The topological polar surface area (TPSA) is 55.4 Å². The van der Waals surface area contributed by atoms with E-state index in [9.17, 15) is 9.59 Å². The van der Waals surface area contributed by atoms with Gasteiger partial charge in [-0.15, -0.1) is 23.1 Å². The molecule has 2 rings (SSSR count). The zero-order chi connectivity index (χ0) is 14.4. The Morgan fingerprint density at radius 3 is 2.75 bits per heavy atom. The van der Waals surface area contributed by atoms with Crippen LogP contribution in [-0.4, -0.2) is 30.8 Å². The van der Waals surface area contributed by atoms with Gasteiger partial charge in [-0.2, -0.15) is 0 Å². The molecule has 110 valence electrons. The molecule has 1 N–H and O–H groups in total. The number of esters is 1. The fourth-order valence-corrected chi connectivity index (χ4v) is 3.99. The van der Waals surface area contributed by atoms with Crippen molar-refractivity contribution < 1.29 is 14.3 Å². The molecule has 1 aliphatic carbocycles. The first-order chi connectivity index (χ1) is 9.69. The number of carbonyl (C=O) groups is 2. The lowest BCUT2D eigenvalue weighted by molar-refractivity contribution is -0.146. The van der Waals surface area contributed by atoms with Gasteiger partial charge in [-0.05, 0) is 37.1 Å². The smallest absolute Gasteiger partial charge is 0.308 e.